The maximum Gasteiger partial charge on any atom is 0.469 e. The van der Waals surface area contributed by atoms with E-state index in [2.05, 4.69) is 11.6 Å². The fourth-order valence-electron chi connectivity index (χ4n) is 5.72. The van der Waals surface area contributed by atoms with Crippen molar-refractivity contribution in [3.8, 4) is 0 Å². The van der Waals surface area contributed by atoms with Crippen LogP contribution in [0.15, 0.2) is 28.4 Å². The molecule has 0 aliphatic carbocycles. The van der Waals surface area contributed by atoms with E-state index in [1.54, 1.807) is 34.1 Å². The van der Waals surface area contributed by atoms with Crippen molar-refractivity contribution in [2.45, 2.75) is 115 Å². The first-order valence-electron chi connectivity index (χ1n) is 14.8. The van der Waals surface area contributed by atoms with Gasteiger partial charge in [-0.05, 0) is 57.4 Å². The van der Waals surface area contributed by atoms with Gasteiger partial charge in [-0.25, -0.2) is 9.55 Å². The van der Waals surface area contributed by atoms with Gasteiger partial charge in [-0.15, -0.1) is 0 Å². The van der Waals surface area contributed by atoms with Gasteiger partial charge in [0.25, 0.3) is 0 Å². The molecule has 0 radical (unpaired) electrons. The number of phosphoric ester groups is 1. The molecule has 1 aromatic rings. The largest absolute Gasteiger partial charge is 0.469 e. The third-order valence-corrected chi connectivity index (χ3v) is 8.85. The van der Waals surface area contributed by atoms with Crippen molar-refractivity contribution in [2.75, 3.05) is 14.2 Å². The Bertz CT molecular complexity index is 1150. The van der Waals surface area contributed by atoms with Crippen LogP contribution in [0.25, 0.3) is 6.08 Å². The number of aromatic nitrogens is 1. The second-order valence-corrected chi connectivity index (χ2v) is 13.2. The van der Waals surface area contributed by atoms with Gasteiger partial charge in [0.1, 0.15) is 18.1 Å². The topological polar surface area (TPSA) is 167 Å². The number of aliphatic hydroxyl groups excluding tert-OH is 1. The summed E-state index contributed by atoms with van der Waals surface area (Å²) >= 11 is 0. The van der Waals surface area contributed by atoms with E-state index in [1.807, 2.05) is 13.8 Å². The monoisotopic (exact) mass is 629 g/mol. The molecule has 3 N–H and O–H groups in total. The molecule has 2 fully saturated rings. The smallest absolute Gasteiger partial charge is 0.455 e. The zero-order chi connectivity index (χ0) is 31.9. The minimum atomic E-state index is -4.83. The van der Waals surface area contributed by atoms with Crippen molar-refractivity contribution < 1.29 is 52.1 Å². The van der Waals surface area contributed by atoms with Crippen LogP contribution in [0.3, 0.4) is 0 Å². The number of methoxy groups -OCH3 is 2. The van der Waals surface area contributed by atoms with Crippen molar-refractivity contribution in [1.29, 1.82) is 0 Å². The third kappa shape index (κ3) is 11.2. The summed E-state index contributed by atoms with van der Waals surface area (Å²) in [5.41, 5.74) is 2.23. The lowest BCUT2D eigenvalue weighted by atomic mass is 9.87. The quantitative estimate of drug-likeness (QED) is 0.213. The SMILES string of the molecule is C=C1C[C@@H]2C[C@H](OP(=O)(O)O)[C@@H](C)C[C@H](C)C(=O)O[C@H](c3coc(/C=C(\C)[C@@H](C)OC)n3)C[C@@H](OC)C[C@@H](O)C[C@H](C1)O2. The number of hydrogen-bond donors (Lipinski definition) is 3. The highest BCUT2D eigenvalue weighted by atomic mass is 31.2. The third-order valence-electron chi connectivity index (χ3n) is 8.30. The average Bonchev–Trinajstić information content (AvgIpc) is 3.37. The number of rotatable bonds is 7. The Hall–Kier alpha value is -1.89. The molecule has 2 bridgehead atoms. The number of carbonyl (C=O) groups is 1. The number of oxazole rings is 1. The molecular formula is C30H48NO11P. The van der Waals surface area contributed by atoms with Crippen LogP contribution in [0.5, 0.6) is 0 Å². The van der Waals surface area contributed by atoms with Gasteiger partial charge in [0.15, 0.2) is 0 Å². The van der Waals surface area contributed by atoms with E-state index in [9.17, 15) is 24.3 Å². The molecular weight excluding hydrogens is 581 g/mol. The number of ether oxygens (including phenoxy) is 4. The number of fused-ring (bicyclic) bond motifs is 2. The molecule has 3 heterocycles. The van der Waals surface area contributed by atoms with E-state index in [0.29, 0.717) is 30.8 Å². The zero-order valence-corrected chi connectivity index (χ0v) is 26.9. The summed E-state index contributed by atoms with van der Waals surface area (Å²) in [6.45, 7) is 11.4. The lowest BCUT2D eigenvalue weighted by Gasteiger charge is -2.36. The fourth-order valence-corrected chi connectivity index (χ4v) is 6.37. The maximum atomic E-state index is 13.4. The van der Waals surface area contributed by atoms with Gasteiger partial charge in [0.05, 0.1) is 42.5 Å². The molecule has 0 spiro atoms. The summed E-state index contributed by atoms with van der Waals surface area (Å²) < 4.78 is 46.0. The molecule has 43 heavy (non-hydrogen) atoms. The molecule has 9 atom stereocenters. The molecule has 0 unspecified atom stereocenters. The predicted molar refractivity (Wildman–Crippen MR) is 158 cm³/mol. The van der Waals surface area contributed by atoms with Gasteiger partial charge in [-0.2, -0.15) is 0 Å². The van der Waals surface area contributed by atoms with E-state index in [4.69, 9.17) is 27.9 Å². The summed E-state index contributed by atoms with van der Waals surface area (Å²) in [5, 5.41) is 11.0. The number of carbonyl (C=O) groups excluding carboxylic acids is 1. The Morgan fingerprint density at radius 3 is 2.44 bits per heavy atom. The van der Waals surface area contributed by atoms with Gasteiger partial charge in [-0.3, -0.25) is 9.32 Å². The van der Waals surface area contributed by atoms with Crippen LogP contribution < -0.4 is 0 Å². The van der Waals surface area contributed by atoms with Crippen LogP contribution in [-0.2, 0) is 32.8 Å². The van der Waals surface area contributed by atoms with Gasteiger partial charge in [0, 0.05) is 33.1 Å². The van der Waals surface area contributed by atoms with Crippen molar-refractivity contribution >= 4 is 19.9 Å². The van der Waals surface area contributed by atoms with Crippen LogP contribution in [0.2, 0.25) is 0 Å². The van der Waals surface area contributed by atoms with Crippen LogP contribution in [0, 0.1) is 11.8 Å². The average molecular weight is 630 g/mol. The van der Waals surface area contributed by atoms with Gasteiger partial charge in [-0.1, -0.05) is 26.0 Å². The van der Waals surface area contributed by atoms with Crippen molar-refractivity contribution in [3.05, 3.63) is 35.6 Å². The Morgan fingerprint density at radius 2 is 1.81 bits per heavy atom. The highest BCUT2D eigenvalue weighted by Crippen LogP contribution is 2.43. The summed E-state index contributed by atoms with van der Waals surface area (Å²) in [4.78, 5) is 37.2. The molecule has 0 amide bonds. The highest BCUT2D eigenvalue weighted by molar-refractivity contribution is 7.46. The number of cyclic esters (lactones) is 1. The first-order valence-corrected chi connectivity index (χ1v) is 16.3. The molecule has 2 aliphatic heterocycles. The molecule has 2 aliphatic rings. The summed E-state index contributed by atoms with van der Waals surface area (Å²) in [7, 11) is -1.68. The second-order valence-electron chi connectivity index (χ2n) is 12.0. The summed E-state index contributed by atoms with van der Waals surface area (Å²) in [6.07, 6.45) is 1.65. The van der Waals surface area contributed by atoms with E-state index >= 15 is 0 Å². The molecule has 13 heteroatoms. The first kappa shape index (κ1) is 35.6. The minimum absolute atomic E-state index is 0.142. The molecule has 12 nitrogen and oxygen atoms in total. The molecule has 1 aromatic heterocycles. The molecule has 244 valence electrons. The van der Waals surface area contributed by atoms with E-state index < -0.39 is 56.1 Å². The Kier molecular flexibility index (Phi) is 13.2. The molecule has 2 saturated heterocycles. The van der Waals surface area contributed by atoms with E-state index in [1.165, 1.54) is 6.26 Å². The van der Waals surface area contributed by atoms with Crippen LogP contribution in [-0.4, -0.2) is 76.7 Å². The number of phosphoric acid groups is 1. The normalized spacial score (nSPS) is 33.2. The van der Waals surface area contributed by atoms with E-state index in [-0.39, 0.29) is 37.9 Å². The minimum Gasteiger partial charge on any atom is -0.455 e. The lowest BCUT2D eigenvalue weighted by Crippen LogP contribution is -2.37. The van der Waals surface area contributed by atoms with Gasteiger partial charge in [0.2, 0.25) is 5.89 Å². The number of hydrogen-bond acceptors (Lipinski definition) is 10. The fraction of sp³-hybridized carbons (Fsp3) is 0.733. The standard InChI is InChI=1S/C30H48NO11P/c1-17-8-24-13-22(32)12-23(38-7)14-28(26-16-39-29(31-26)11-18(2)21(5)37-6)41-30(33)20(4)10-19(3)27(42-43(34,35)36)15-25(9-17)40-24/h11,16,19-25,27-28,32H,1,8-10,12-15H2,2-7H3,(H2,34,35,36)/b18-11+/t19-,20-,21+,22+,23-,24-,25+,27-,28-/m0/s1. The summed E-state index contributed by atoms with van der Waals surface area (Å²) in [6, 6.07) is 0. The second kappa shape index (κ2) is 15.9. The van der Waals surface area contributed by atoms with Crippen molar-refractivity contribution in [1.82, 2.24) is 4.98 Å². The molecule has 0 saturated carbocycles. The van der Waals surface area contributed by atoms with Crippen molar-refractivity contribution in [3.63, 3.8) is 0 Å². The Labute approximate surface area is 254 Å². The first-order chi connectivity index (χ1) is 20.2. The van der Waals surface area contributed by atoms with Crippen molar-refractivity contribution in [2.24, 2.45) is 11.8 Å². The molecule has 0 aromatic carbocycles. The van der Waals surface area contributed by atoms with Gasteiger partial charge >= 0.3 is 13.8 Å². The van der Waals surface area contributed by atoms with Crippen LogP contribution in [0.1, 0.15) is 90.3 Å². The Balaban J connectivity index is 1.92. The predicted octanol–water partition coefficient (Wildman–Crippen LogP) is 4.89. The molecule has 3 rings (SSSR count). The van der Waals surface area contributed by atoms with E-state index in [0.717, 1.165) is 11.1 Å². The maximum absolute atomic E-state index is 13.4. The Morgan fingerprint density at radius 1 is 1.14 bits per heavy atom. The summed E-state index contributed by atoms with van der Waals surface area (Å²) in [5.74, 6) is -1.24. The highest BCUT2D eigenvalue weighted by Gasteiger charge is 2.36. The number of esters is 1. The lowest BCUT2D eigenvalue weighted by molar-refractivity contribution is -0.157. The van der Waals surface area contributed by atoms with Crippen LogP contribution >= 0.6 is 7.82 Å². The van der Waals surface area contributed by atoms with Crippen LogP contribution in [0.4, 0.5) is 0 Å². The zero-order valence-electron chi connectivity index (χ0n) is 26.0. The number of nitrogens with zero attached hydrogens (tertiary/aromatic N) is 1. The van der Waals surface area contributed by atoms with Gasteiger partial charge < -0.3 is 38.3 Å². The number of aliphatic hydroxyl groups is 1.